The number of fused-ring (bicyclic) bond motifs is 1. The number of nitrogens with one attached hydrogen (secondary N) is 3. The van der Waals surface area contributed by atoms with Crippen LogP contribution in [0.3, 0.4) is 0 Å². The molecule has 11 nitrogen and oxygen atoms in total. The molecule has 0 radical (unpaired) electrons. The molecule has 2 aliphatic rings. The molecule has 0 unspecified atom stereocenters. The molecule has 0 atom stereocenters. The molecule has 0 saturated carbocycles. The van der Waals surface area contributed by atoms with Crippen LogP contribution >= 0.6 is 22.9 Å². The number of aromatic nitrogens is 3. The number of nitrogen functional groups attached to an aromatic ring is 1. The average molecular weight is 542 g/mol. The minimum absolute atomic E-state index is 0.0263. The number of carbonyl (C=O) groups is 2. The van der Waals surface area contributed by atoms with Gasteiger partial charge in [0.25, 0.3) is 5.91 Å². The molecule has 0 aliphatic carbocycles. The SMILES string of the molecule is CNc1nc(N)c(Cl)nc1C(=O)NC1=NCC2(CCN(C(=O)CCCc3nc4ccccc4s3)CC2)N1. The average Bonchev–Trinajstić information content (AvgIpc) is 3.49. The Kier molecular flexibility index (Phi) is 7.11. The van der Waals surface area contributed by atoms with Gasteiger partial charge in [0.05, 0.1) is 27.3 Å². The van der Waals surface area contributed by atoms with Crippen LogP contribution < -0.4 is 21.7 Å². The van der Waals surface area contributed by atoms with Gasteiger partial charge in [0, 0.05) is 26.6 Å². The largest absolute Gasteiger partial charge is 0.381 e. The standard InChI is InChI=1S/C24H28ClN9O2S/c1-27-21-18(30-19(25)20(26)31-21)22(36)32-23-28-13-24(33-23)9-11-34(12-10-24)17(35)8-4-7-16-29-14-5-2-3-6-15(14)37-16/h2-3,5-6H,4,7-13H2,1H3,(H3,26,27,31)(H2,28,32,33,36). The van der Waals surface area contributed by atoms with Crippen LogP contribution in [0.25, 0.3) is 10.2 Å². The smallest absolute Gasteiger partial charge is 0.280 e. The van der Waals surface area contributed by atoms with Crippen molar-refractivity contribution in [3.63, 3.8) is 0 Å². The Balaban J connectivity index is 1.09. The third-order valence-electron chi connectivity index (χ3n) is 6.68. The van der Waals surface area contributed by atoms with Gasteiger partial charge in [-0.1, -0.05) is 23.7 Å². The van der Waals surface area contributed by atoms with Gasteiger partial charge in [-0.05, 0) is 37.8 Å². The molecule has 5 N–H and O–H groups in total. The molecule has 1 spiro atoms. The topological polar surface area (TPSA) is 151 Å². The molecule has 1 aromatic carbocycles. The molecule has 4 heterocycles. The van der Waals surface area contributed by atoms with E-state index in [0.29, 0.717) is 32.0 Å². The van der Waals surface area contributed by atoms with Crippen molar-refractivity contribution < 1.29 is 9.59 Å². The first-order chi connectivity index (χ1) is 17.9. The lowest BCUT2D eigenvalue weighted by Gasteiger charge is -2.39. The van der Waals surface area contributed by atoms with E-state index in [9.17, 15) is 9.59 Å². The molecule has 2 amide bonds. The summed E-state index contributed by atoms with van der Waals surface area (Å²) in [4.78, 5) is 44.7. The highest BCUT2D eigenvalue weighted by Crippen LogP contribution is 2.27. The van der Waals surface area contributed by atoms with Crippen molar-refractivity contribution in [2.24, 2.45) is 4.99 Å². The van der Waals surface area contributed by atoms with E-state index in [0.717, 1.165) is 36.2 Å². The van der Waals surface area contributed by atoms with Gasteiger partial charge in [-0.3, -0.25) is 19.9 Å². The summed E-state index contributed by atoms with van der Waals surface area (Å²) in [5.41, 5.74) is 6.44. The van der Waals surface area contributed by atoms with Crippen LogP contribution in [0.2, 0.25) is 5.15 Å². The molecule has 2 aromatic heterocycles. The third kappa shape index (κ3) is 5.44. The van der Waals surface area contributed by atoms with Crippen LogP contribution in [0.5, 0.6) is 0 Å². The number of aliphatic imine (C=N–C) groups is 1. The number of nitrogens with zero attached hydrogens (tertiary/aromatic N) is 5. The molecule has 194 valence electrons. The second kappa shape index (κ2) is 10.5. The fourth-order valence-corrected chi connectivity index (χ4v) is 5.74. The number of para-hydroxylation sites is 1. The van der Waals surface area contributed by atoms with E-state index in [1.165, 1.54) is 4.70 Å². The molecular weight excluding hydrogens is 514 g/mol. The lowest BCUT2D eigenvalue weighted by molar-refractivity contribution is -0.132. The summed E-state index contributed by atoms with van der Waals surface area (Å²) in [5.74, 6) is 0.306. The zero-order valence-electron chi connectivity index (χ0n) is 20.4. The van der Waals surface area contributed by atoms with E-state index in [-0.39, 0.29) is 33.9 Å². The number of aryl methyl sites for hydroxylation is 1. The zero-order valence-corrected chi connectivity index (χ0v) is 22.0. The Morgan fingerprint density at radius 3 is 2.76 bits per heavy atom. The number of amides is 2. The van der Waals surface area contributed by atoms with E-state index >= 15 is 0 Å². The van der Waals surface area contributed by atoms with Crippen molar-refractivity contribution in [3.05, 3.63) is 40.1 Å². The molecule has 3 aromatic rings. The molecule has 5 rings (SSSR count). The first-order valence-electron chi connectivity index (χ1n) is 12.1. The Bertz CT molecular complexity index is 1330. The Morgan fingerprint density at radius 1 is 1.22 bits per heavy atom. The minimum atomic E-state index is -0.497. The van der Waals surface area contributed by atoms with Crippen LogP contribution in [0.1, 0.15) is 41.2 Å². The predicted molar refractivity (Wildman–Crippen MR) is 145 cm³/mol. The van der Waals surface area contributed by atoms with E-state index in [2.05, 4.69) is 42.0 Å². The summed E-state index contributed by atoms with van der Waals surface area (Å²) < 4.78 is 1.18. The number of rotatable bonds is 6. The zero-order chi connectivity index (χ0) is 26.0. The maximum Gasteiger partial charge on any atom is 0.280 e. The van der Waals surface area contributed by atoms with Gasteiger partial charge in [0.15, 0.2) is 28.4 Å². The predicted octanol–water partition coefficient (Wildman–Crippen LogP) is 2.44. The summed E-state index contributed by atoms with van der Waals surface area (Å²) in [6.07, 6.45) is 3.58. The number of halogens is 1. The van der Waals surface area contributed by atoms with Crippen LogP contribution in [-0.4, -0.2) is 69.8 Å². The van der Waals surface area contributed by atoms with E-state index in [1.807, 2.05) is 23.1 Å². The number of nitrogens with two attached hydrogens (primary N) is 1. The van der Waals surface area contributed by atoms with Gasteiger partial charge in [-0.2, -0.15) is 0 Å². The molecular formula is C24H28ClN9O2S. The van der Waals surface area contributed by atoms with Crippen molar-refractivity contribution in [1.29, 1.82) is 0 Å². The summed E-state index contributed by atoms with van der Waals surface area (Å²) >= 11 is 7.65. The van der Waals surface area contributed by atoms with Crippen molar-refractivity contribution in [2.45, 2.75) is 37.6 Å². The number of benzene rings is 1. The number of anilines is 2. The van der Waals surface area contributed by atoms with Gasteiger partial charge in [-0.25, -0.2) is 15.0 Å². The van der Waals surface area contributed by atoms with E-state index in [1.54, 1.807) is 18.4 Å². The summed E-state index contributed by atoms with van der Waals surface area (Å²) in [5, 5.41) is 9.93. The summed E-state index contributed by atoms with van der Waals surface area (Å²) in [6, 6.07) is 8.10. The van der Waals surface area contributed by atoms with Crippen LogP contribution in [-0.2, 0) is 11.2 Å². The lowest BCUT2D eigenvalue weighted by Crippen LogP contribution is -2.56. The maximum atomic E-state index is 12.8. The Labute approximate surface area is 222 Å². The maximum absolute atomic E-state index is 12.8. The van der Waals surface area contributed by atoms with Gasteiger partial charge in [-0.15, -0.1) is 11.3 Å². The van der Waals surface area contributed by atoms with Gasteiger partial charge in [0.2, 0.25) is 5.91 Å². The minimum Gasteiger partial charge on any atom is -0.381 e. The van der Waals surface area contributed by atoms with Crippen LogP contribution in [0, 0.1) is 0 Å². The number of likely N-dealkylation sites (tertiary alicyclic amines) is 1. The van der Waals surface area contributed by atoms with Crippen molar-refractivity contribution in [3.8, 4) is 0 Å². The van der Waals surface area contributed by atoms with Gasteiger partial charge >= 0.3 is 0 Å². The molecule has 1 saturated heterocycles. The second-order valence-corrected chi connectivity index (χ2v) is 10.7. The van der Waals surface area contributed by atoms with Crippen LogP contribution in [0.15, 0.2) is 29.3 Å². The fraction of sp³-hybridized carbons (Fsp3) is 0.417. The number of carbonyl (C=O) groups excluding carboxylic acids is 2. The summed E-state index contributed by atoms with van der Waals surface area (Å²) in [7, 11) is 1.62. The molecule has 2 aliphatic heterocycles. The second-order valence-electron chi connectivity index (χ2n) is 9.18. The monoisotopic (exact) mass is 541 g/mol. The Morgan fingerprint density at radius 2 is 2.00 bits per heavy atom. The fourth-order valence-electron chi connectivity index (χ4n) is 4.60. The highest BCUT2D eigenvalue weighted by atomic mass is 35.5. The summed E-state index contributed by atoms with van der Waals surface area (Å²) in [6.45, 7) is 1.81. The molecule has 1 fully saturated rings. The van der Waals surface area contributed by atoms with Crippen molar-refractivity contribution >= 4 is 62.6 Å². The third-order valence-corrected chi connectivity index (χ3v) is 8.05. The van der Waals surface area contributed by atoms with Crippen molar-refractivity contribution in [1.82, 2.24) is 30.5 Å². The highest BCUT2D eigenvalue weighted by molar-refractivity contribution is 7.18. The number of guanidine groups is 1. The molecule has 13 heteroatoms. The molecule has 37 heavy (non-hydrogen) atoms. The normalized spacial score (nSPS) is 16.5. The Hall–Kier alpha value is -3.51. The number of piperidine rings is 1. The quantitative estimate of drug-likeness (QED) is 0.371. The molecule has 0 bridgehead atoms. The van der Waals surface area contributed by atoms with Gasteiger partial charge < -0.3 is 21.3 Å². The van der Waals surface area contributed by atoms with E-state index in [4.69, 9.17) is 17.3 Å². The van der Waals surface area contributed by atoms with Crippen LogP contribution in [0.4, 0.5) is 11.6 Å². The first kappa shape index (κ1) is 25.2. The highest BCUT2D eigenvalue weighted by Gasteiger charge is 2.40. The van der Waals surface area contributed by atoms with Crippen molar-refractivity contribution in [2.75, 3.05) is 37.7 Å². The van der Waals surface area contributed by atoms with E-state index < -0.39 is 5.91 Å². The lowest BCUT2D eigenvalue weighted by atomic mass is 9.88. The van der Waals surface area contributed by atoms with Gasteiger partial charge in [0.1, 0.15) is 0 Å². The number of hydrogen-bond donors (Lipinski definition) is 4. The number of hydrogen-bond acceptors (Lipinski definition) is 10. The number of thiazole rings is 1. The first-order valence-corrected chi connectivity index (χ1v) is 13.3.